The van der Waals surface area contributed by atoms with E-state index in [1.165, 1.54) is 16.4 Å². The van der Waals surface area contributed by atoms with E-state index in [4.69, 9.17) is 14.7 Å². The highest BCUT2D eigenvalue weighted by Crippen LogP contribution is 2.20. The average molecular weight is 354 g/mol. The van der Waals surface area contributed by atoms with Crippen molar-refractivity contribution in [2.45, 2.75) is 18.6 Å². The molecule has 1 fully saturated rings. The normalized spacial score (nSPS) is 17.2. The van der Waals surface area contributed by atoms with Crippen molar-refractivity contribution in [3.8, 4) is 0 Å². The highest BCUT2D eigenvalue weighted by molar-refractivity contribution is 7.89. The highest BCUT2D eigenvalue weighted by Gasteiger charge is 2.31. The topological polar surface area (TPSA) is 123 Å². The zero-order chi connectivity index (χ0) is 17.3. The van der Waals surface area contributed by atoms with Gasteiger partial charge in [-0.25, -0.2) is 8.42 Å². The van der Waals surface area contributed by atoms with Crippen LogP contribution in [0.15, 0.2) is 32.2 Å². The first-order valence-corrected chi connectivity index (χ1v) is 8.84. The number of amides is 1. The van der Waals surface area contributed by atoms with Gasteiger partial charge in [0.2, 0.25) is 5.09 Å². The van der Waals surface area contributed by atoms with Crippen molar-refractivity contribution in [2.24, 2.45) is 5.73 Å². The number of hydrogen-bond acceptors (Lipinski definition) is 7. The van der Waals surface area contributed by atoms with Gasteiger partial charge in [-0.1, -0.05) is 5.16 Å². The summed E-state index contributed by atoms with van der Waals surface area (Å²) in [6.45, 7) is 4.19. The van der Waals surface area contributed by atoms with Crippen LogP contribution in [-0.2, 0) is 16.6 Å². The van der Waals surface area contributed by atoms with Gasteiger partial charge in [0.25, 0.3) is 15.9 Å². The lowest BCUT2D eigenvalue weighted by molar-refractivity contribution is 0.0968. The van der Waals surface area contributed by atoms with Gasteiger partial charge in [0, 0.05) is 32.2 Å². The Kier molecular flexibility index (Phi) is 4.43. The molecule has 24 heavy (non-hydrogen) atoms. The fourth-order valence-electron chi connectivity index (χ4n) is 2.56. The summed E-state index contributed by atoms with van der Waals surface area (Å²) in [5.74, 6) is -0.225. The molecule has 2 N–H and O–H groups in total. The Labute approximate surface area is 139 Å². The molecule has 0 saturated carbocycles. The minimum atomic E-state index is -3.77. The van der Waals surface area contributed by atoms with Gasteiger partial charge in [0.1, 0.15) is 0 Å². The first-order valence-electron chi connectivity index (χ1n) is 7.40. The molecule has 1 amide bonds. The van der Waals surface area contributed by atoms with E-state index >= 15 is 0 Å². The van der Waals surface area contributed by atoms with Crippen LogP contribution in [0, 0.1) is 6.92 Å². The van der Waals surface area contributed by atoms with Crippen molar-refractivity contribution < 1.29 is 22.2 Å². The first-order chi connectivity index (χ1) is 11.4. The van der Waals surface area contributed by atoms with Gasteiger partial charge in [0.05, 0.1) is 12.2 Å². The van der Waals surface area contributed by atoms with E-state index in [1.807, 2.05) is 13.0 Å². The van der Waals surface area contributed by atoms with Crippen molar-refractivity contribution >= 4 is 15.9 Å². The Morgan fingerprint density at radius 1 is 1.29 bits per heavy atom. The lowest BCUT2D eigenvalue weighted by atomic mass is 10.3. The smallest absolute Gasteiger partial charge is 0.284 e. The maximum Gasteiger partial charge on any atom is 0.284 e. The molecule has 0 aliphatic carbocycles. The molecule has 2 aromatic rings. The van der Waals surface area contributed by atoms with Crippen LogP contribution < -0.4 is 5.73 Å². The molecule has 2 aromatic heterocycles. The summed E-state index contributed by atoms with van der Waals surface area (Å²) >= 11 is 0. The summed E-state index contributed by atoms with van der Waals surface area (Å²) in [4.78, 5) is 13.1. The number of rotatable bonds is 5. The lowest BCUT2D eigenvalue weighted by Crippen LogP contribution is -2.48. The van der Waals surface area contributed by atoms with Gasteiger partial charge in [-0.05, 0) is 19.1 Å². The fraction of sp³-hybridized carbons (Fsp3) is 0.429. The fourth-order valence-corrected chi connectivity index (χ4v) is 3.89. The van der Waals surface area contributed by atoms with Crippen LogP contribution in [0.1, 0.15) is 22.0 Å². The van der Waals surface area contributed by atoms with Crippen molar-refractivity contribution in [3.63, 3.8) is 0 Å². The number of hydrogen-bond donors (Lipinski definition) is 1. The molecule has 1 aliphatic rings. The number of nitrogens with two attached hydrogens (primary N) is 1. The van der Waals surface area contributed by atoms with E-state index in [1.54, 1.807) is 0 Å². The summed E-state index contributed by atoms with van der Waals surface area (Å²) in [5, 5.41) is 3.57. The van der Waals surface area contributed by atoms with Gasteiger partial charge in [0.15, 0.2) is 11.5 Å². The number of primary amides is 1. The minimum Gasteiger partial charge on any atom is -0.438 e. The van der Waals surface area contributed by atoms with Gasteiger partial charge in [-0.2, -0.15) is 4.31 Å². The lowest BCUT2D eigenvalue weighted by Gasteiger charge is -2.32. The van der Waals surface area contributed by atoms with E-state index < -0.39 is 15.9 Å². The quantitative estimate of drug-likeness (QED) is 0.812. The number of nitrogens with zero attached hydrogens (tertiary/aromatic N) is 3. The Hall–Kier alpha value is -2.17. The van der Waals surface area contributed by atoms with Gasteiger partial charge < -0.3 is 14.7 Å². The minimum absolute atomic E-state index is 0.173. The van der Waals surface area contributed by atoms with Crippen LogP contribution in [0.4, 0.5) is 0 Å². The van der Waals surface area contributed by atoms with Crippen molar-refractivity contribution in [2.75, 3.05) is 26.2 Å². The zero-order valence-electron chi connectivity index (χ0n) is 13.1. The van der Waals surface area contributed by atoms with Crippen LogP contribution in [0.5, 0.6) is 0 Å². The first kappa shape index (κ1) is 16.7. The summed E-state index contributed by atoms with van der Waals surface area (Å²) in [6.07, 6.45) is 0. The van der Waals surface area contributed by atoms with Crippen LogP contribution in [0.25, 0.3) is 0 Å². The second-order valence-electron chi connectivity index (χ2n) is 5.60. The largest absolute Gasteiger partial charge is 0.438 e. The summed E-state index contributed by atoms with van der Waals surface area (Å²) in [7, 11) is -3.77. The van der Waals surface area contributed by atoms with Crippen LogP contribution in [0.2, 0.25) is 0 Å². The Bertz CT molecular complexity index is 833. The summed E-state index contributed by atoms with van der Waals surface area (Å²) < 4.78 is 36.6. The second kappa shape index (κ2) is 6.38. The standard InChI is InChI=1S/C14H18N4O5S/c1-10-8-11(23-16-10)9-17-4-6-18(7-5-17)24(20,21)13-3-2-12(22-13)14(15)19/h2-3,8H,4-7,9H2,1H3,(H2,15,19). The molecule has 0 unspecified atom stereocenters. The van der Waals surface area contributed by atoms with Crippen molar-refractivity contribution in [1.82, 2.24) is 14.4 Å². The molecule has 0 bridgehead atoms. The molecule has 3 heterocycles. The average Bonchev–Trinajstić information content (AvgIpc) is 3.17. The van der Waals surface area contributed by atoms with Crippen LogP contribution in [-0.4, -0.2) is 54.9 Å². The molecule has 0 aromatic carbocycles. The third-order valence-corrected chi connectivity index (χ3v) is 5.58. The molecule has 0 spiro atoms. The Morgan fingerprint density at radius 2 is 2.00 bits per heavy atom. The zero-order valence-corrected chi connectivity index (χ0v) is 14.0. The number of sulfonamides is 1. The number of carbonyl (C=O) groups excluding carboxylic acids is 1. The molecule has 0 radical (unpaired) electrons. The summed E-state index contributed by atoms with van der Waals surface area (Å²) in [6, 6.07) is 4.37. The third kappa shape index (κ3) is 3.35. The van der Waals surface area contributed by atoms with Crippen LogP contribution in [0.3, 0.4) is 0 Å². The molecule has 9 nitrogen and oxygen atoms in total. The van der Waals surface area contributed by atoms with Gasteiger partial charge >= 0.3 is 0 Å². The molecular formula is C14H18N4O5S. The molecule has 1 aliphatic heterocycles. The number of furan rings is 1. The Morgan fingerprint density at radius 3 is 2.54 bits per heavy atom. The van der Waals surface area contributed by atoms with E-state index in [0.29, 0.717) is 32.7 Å². The molecule has 3 rings (SSSR count). The Balaban J connectivity index is 1.63. The van der Waals surface area contributed by atoms with Crippen LogP contribution >= 0.6 is 0 Å². The molecule has 10 heteroatoms. The van der Waals surface area contributed by atoms with E-state index in [0.717, 1.165) is 11.5 Å². The maximum atomic E-state index is 12.5. The SMILES string of the molecule is Cc1cc(CN2CCN(S(=O)(=O)c3ccc(C(N)=O)o3)CC2)on1. The molecule has 1 saturated heterocycles. The number of aromatic nitrogens is 1. The molecule has 130 valence electrons. The van der Waals surface area contributed by atoms with E-state index in [-0.39, 0.29) is 10.9 Å². The number of piperazine rings is 1. The maximum absolute atomic E-state index is 12.5. The van der Waals surface area contributed by atoms with Crippen molar-refractivity contribution in [1.29, 1.82) is 0 Å². The highest BCUT2D eigenvalue weighted by atomic mass is 32.2. The third-order valence-electron chi connectivity index (χ3n) is 3.81. The predicted molar refractivity (Wildman–Crippen MR) is 82.5 cm³/mol. The number of aryl methyl sites for hydroxylation is 1. The monoisotopic (exact) mass is 354 g/mol. The van der Waals surface area contributed by atoms with E-state index in [9.17, 15) is 13.2 Å². The summed E-state index contributed by atoms with van der Waals surface area (Å²) in [5.41, 5.74) is 5.89. The molecule has 0 atom stereocenters. The molecular weight excluding hydrogens is 336 g/mol. The second-order valence-corrected chi connectivity index (χ2v) is 7.47. The van der Waals surface area contributed by atoms with E-state index in [2.05, 4.69) is 10.1 Å². The van der Waals surface area contributed by atoms with Crippen molar-refractivity contribution in [3.05, 3.63) is 35.4 Å². The number of carbonyl (C=O) groups is 1. The van der Waals surface area contributed by atoms with Gasteiger partial charge in [-0.3, -0.25) is 9.69 Å². The predicted octanol–water partition coefficient (Wildman–Crippen LogP) is 0.181. The van der Waals surface area contributed by atoms with Gasteiger partial charge in [-0.15, -0.1) is 0 Å².